The van der Waals surface area contributed by atoms with Crippen molar-refractivity contribution in [2.45, 2.75) is 32.3 Å². The molecule has 110 valence electrons. The minimum Gasteiger partial charge on any atom is -0.298 e. The van der Waals surface area contributed by atoms with Crippen LogP contribution in [-0.2, 0) is 11.2 Å². The number of hydrogen-bond donors (Lipinski definition) is 0. The van der Waals surface area contributed by atoms with Crippen LogP contribution in [0.25, 0.3) is 0 Å². The second-order valence-electron chi connectivity index (χ2n) is 4.90. The Bertz CT molecular complexity index is 650. The van der Waals surface area contributed by atoms with E-state index in [9.17, 15) is 9.18 Å². The predicted octanol–water partition coefficient (Wildman–Crippen LogP) is 3.44. The van der Waals surface area contributed by atoms with Crippen LogP contribution in [0.1, 0.15) is 22.5 Å². The van der Waals surface area contributed by atoms with E-state index in [4.69, 9.17) is 0 Å². The van der Waals surface area contributed by atoms with E-state index < -0.39 is 0 Å². The zero-order valence-corrected chi connectivity index (χ0v) is 13.1. The van der Waals surface area contributed by atoms with Crippen LogP contribution in [0.5, 0.6) is 0 Å². The number of aryl methyl sites for hydroxylation is 2. The second-order valence-corrected chi connectivity index (χ2v) is 5.84. The molecule has 0 bridgehead atoms. The third-order valence-electron chi connectivity index (χ3n) is 3.32. The van der Waals surface area contributed by atoms with E-state index >= 15 is 0 Å². The molecule has 0 fully saturated rings. The molecule has 0 saturated carbocycles. The van der Waals surface area contributed by atoms with Gasteiger partial charge >= 0.3 is 0 Å². The van der Waals surface area contributed by atoms with Gasteiger partial charge in [0.25, 0.3) is 0 Å². The molecule has 0 aliphatic heterocycles. The molecule has 1 aromatic carbocycles. The van der Waals surface area contributed by atoms with Crippen LogP contribution >= 0.6 is 11.8 Å². The molecule has 0 aliphatic rings. The largest absolute Gasteiger partial charge is 0.298 e. The molecule has 5 heteroatoms. The van der Waals surface area contributed by atoms with E-state index in [-0.39, 0.29) is 23.8 Å². The highest BCUT2D eigenvalue weighted by Crippen LogP contribution is 2.18. The third kappa shape index (κ3) is 4.11. The number of Topliss-reactive ketones (excluding diaryl/α,β-unsaturated/α-hetero) is 1. The van der Waals surface area contributed by atoms with Crippen LogP contribution in [-0.4, -0.2) is 21.5 Å². The first-order chi connectivity index (χ1) is 9.97. The monoisotopic (exact) mass is 304 g/mol. The summed E-state index contributed by atoms with van der Waals surface area (Å²) in [6, 6.07) is 6.35. The molecular formula is C16H17FN2OS. The maximum atomic E-state index is 13.5. The fourth-order valence-electron chi connectivity index (χ4n) is 1.86. The van der Waals surface area contributed by atoms with Crippen LogP contribution < -0.4 is 0 Å². The lowest BCUT2D eigenvalue weighted by molar-refractivity contribution is -0.116. The highest BCUT2D eigenvalue weighted by atomic mass is 32.2. The Morgan fingerprint density at radius 1 is 1.14 bits per heavy atom. The van der Waals surface area contributed by atoms with Crippen LogP contribution in [0.4, 0.5) is 4.39 Å². The van der Waals surface area contributed by atoms with Gasteiger partial charge in [-0.05, 0) is 38.0 Å². The number of rotatable bonds is 5. The Morgan fingerprint density at radius 3 is 2.38 bits per heavy atom. The summed E-state index contributed by atoms with van der Waals surface area (Å²) >= 11 is 1.30. The maximum absolute atomic E-state index is 13.5. The molecule has 21 heavy (non-hydrogen) atoms. The molecule has 0 radical (unpaired) electrons. The van der Waals surface area contributed by atoms with Crippen molar-refractivity contribution in [3.63, 3.8) is 0 Å². The summed E-state index contributed by atoms with van der Waals surface area (Å²) < 4.78 is 13.5. The smallest absolute Gasteiger partial charge is 0.188 e. The van der Waals surface area contributed by atoms with Crippen molar-refractivity contribution in [3.8, 4) is 0 Å². The van der Waals surface area contributed by atoms with Crippen molar-refractivity contribution >= 4 is 17.5 Å². The van der Waals surface area contributed by atoms with E-state index in [0.717, 1.165) is 17.0 Å². The number of carbonyl (C=O) groups is 1. The number of hydrogen-bond acceptors (Lipinski definition) is 4. The first kappa shape index (κ1) is 15.6. The van der Waals surface area contributed by atoms with Crippen molar-refractivity contribution < 1.29 is 9.18 Å². The van der Waals surface area contributed by atoms with Gasteiger partial charge in [-0.25, -0.2) is 14.4 Å². The Kier molecular flexibility index (Phi) is 5.07. The minimum atomic E-state index is -0.339. The van der Waals surface area contributed by atoms with Gasteiger partial charge in [-0.2, -0.15) is 0 Å². The quantitative estimate of drug-likeness (QED) is 0.627. The third-order valence-corrected chi connectivity index (χ3v) is 4.23. The summed E-state index contributed by atoms with van der Waals surface area (Å²) in [6.07, 6.45) is 0.101. The average Bonchev–Trinajstić information content (AvgIpc) is 2.45. The van der Waals surface area contributed by atoms with E-state index in [0.29, 0.717) is 10.7 Å². The molecule has 0 spiro atoms. The first-order valence-corrected chi connectivity index (χ1v) is 7.65. The molecule has 2 aromatic rings. The van der Waals surface area contributed by atoms with Gasteiger partial charge in [0.2, 0.25) is 0 Å². The predicted molar refractivity (Wildman–Crippen MR) is 82.1 cm³/mol. The van der Waals surface area contributed by atoms with Crippen molar-refractivity contribution in [3.05, 3.63) is 52.6 Å². The maximum Gasteiger partial charge on any atom is 0.188 e. The van der Waals surface area contributed by atoms with Crippen LogP contribution in [0.15, 0.2) is 29.4 Å². The summed E-state index contributed by atoms with van der Waals surface area (Å²) in [7, 11) is 0. The van der Waals surface area contributed by atoms with Gasteiger partial charge in [0.15, 0.2) is 5.16 Å². The van der Waals surface area contributed by atoms with Gasteiger partial charge in [-0.3, -0.25) is 4.79 Å². The Balaban J connectivity index is 1.97. The van der Waals surface area contributed by atoms with Gasteiger partial charge < -0.3 is 0 Å². The molecular weight excluding hydrogens is 287 g/mol. The SMILES string of the molecule is Cc1nc(SCC(=O)Cc2ccccc2F)nc(C)c1C. The molecule has 0 atom stereocenters. The van der Waals surface area contributed by atoms with Gasteiger partial charge in [0.05, 0.1) is 5.75 Å². The normalized spacial score (nSPS) is 10.7. The number of aromatic nitrogens is 2. The van der Waals surface area contributed by atoms with E-state index in [1.807, 2.05) is 20.8 Å². The number of benzene rings is 1. The fraction of sp³-hybridized carbons (Fsp3) is 0.312. The highest BCUT2D eigenvalue weighted by molar-refractivity contribution is 7.99. The topological polar surface area (TPSA) is 42.9 Å². The molecule has 1 heterocycles. The van der Waals surface area contributed by atoms with Crippen LogP contribution in [0, 0.1) is 26.6 Å². The van der Waals surface area contributed by atoms with Gasteiger partial charge in [-0.1, -0.05) is 30.0 Å². The van der Waals surface area contributed by atoms with E-state index in [1.165, 1.54) is 17.8 Å². The zero-order valence-electron chi connectivity index (χ0n) is 12.3. The average molecular weight is 304 g/mol. The molecule has 0 saturated heterocycles. The molecule has 0 aliphatic carbocycles. The lowest BCUT2D eigenvalue weighted by Gasteiger charge is -2.06. The summed E-state index contributed by atoms with van der Waals surface area (Å²) in [5.74, 6) is -0.130. The molecule has 0 unspecified atom stereocenters. The number of carbonyl (C=O) groups excluding carboxylic acids is 1. The number of halogens is 1. The van der Waals surface area contributed by atoms with Crippen molar-refractivity contribution in [2.75, 3.05) is 5.75 Å². The summed E-state index contributed by atoms with van der Waals surface area (Å²) in [5, 5.41) is 0.595. The summed E-state index contributed by atoms with van der Waals surface area (Å²) in [4.78, 5) is 20.6. The van der Waals surface area contributed by atoms with Crippen molar-refractivity contribution in [2.24, 2.45) is 0 Å². The number of thioether (sulfide) groups is 1. The highest BCUT2D eigenvalue weighted by Gasteiger charge is 2.11. The first-order valence-electron chi connectivity index (χ1n) is 6.67. The molecule has 2 rings (SSSR count). The lowest BCUT2D eigenvalue weighted by Crippen LogP contribution is -2.08. The van der Waals surface area contributed by atoms with Gasteiger partial charge in [-0.15, -0.1) is 0 Å². The number of ketones is 1. The summed E-state index contributed by atoms with van der Waals surface area (Å²) in [6.45, 7) is 5.83. The minimum absolute atomic E-state index is 0.0374. The van der Waals surface area contributed by atoms with Crippen molar-refractivity contribution in [1.29, 1.82) is 0 Å². The van der Waals surface area contributed by atoms with Gasteiger partial charge in [0.1, 0.15) is 11.6 Å². The Labute approximate surface area is 128 Å². The Hall–Kier alpha value is -1.75. The summed E-state index contributed by atoms with van der Waals surface area (Å²) in [5.41, 5.74) is 3.34. The van der Waals surface area contributed by atoms with Gasteiger partial charge in [0, 0.05) is 17.8 Å². The van der Waals surface area contributed by atoms with Crippen LogP contribution in [0.2, 0.25) is 0 Å². The molecule has 0 amide bonds. The lowest BCUT2D eigenvalue weighted by atomic mass is 10.1. The second kappa shape index (κ2) is 6.80. The molecule has 0 N–H and O–H groups in total. The standard InChI is InChI=1S/C16H17FN2OS/c1-10-11(2)18-16(19-12(10)3)21-9-14(20)8-13-6-4-5-7-15(13)17/h4-7H,8-9H2,1-3H3. The zero-order chi connectivity index (χ0) is 15.4. The van der Waals surface area contributed by atoms with Crippen LogP contribution in [0.3, 0.4) is 0 Å². The molecule has 1 aromatic heterocycles. The molecule has 3 nitrogen and oxygen atoms in total. The Morgan fingerprint density at radius 2 is 1.76 bits per heavy atom. The van der Waals surface area contributed by atoms with E-state index in [1.54, 1.807) is 18.2 Å². The van der Waals surface area contributed by atoms with Crippen molar-refractivity contribution in [1.82, 2.24) is 9.97 Å². The fourth-order valence-corrected chi connectivity index (χ4v) is 2.65. The number of nitrogens with zero attached hydrogens (tertiary/aromatic N) is 2. The van der Waals surface area contributed by atoms with E-state index in [2.05, 4.69) is 9.97 Å².